The predicted molar refractivity (Wildman–Crippen MR) is 180 cm³/mol. The lowest BCUT2D eigenvalue weighted by Crippen LogP contribution is -2.57. The summed E-state index contributed by atoms with van der Waals surface area (Å²) in [5.74, 6) is -1.34. The van der Waals surface area contributed by atoms with Crippen LogP contribution in [-0.4, -0.2) is 63.6 Å². The molecule has 0 unspecified atom stereocenters. The van der Waals surface area contributed by atoms with E-state index in [4.69, 9.17) is 9.57 Å². The number of hydrogen-bond donors (Lipinski definition) is 3. The highest BCUT2D eigenvalue weighted by Crippen LogP contribution is 2.12. The molecule has 3 amide bonds. The number of ether oxygens (including phenoxy) is 1. The summed E-state index contributed by atoms with van der Waals surface area (Å²) in [5.41, 5.74) is 2.86. The van der Waals surface area contributed by atoms with E-state index in [1.54, 1.807) is 12.1 Å². The Kier molecular flexibility index (Phi) is 13.1. The lowest BCUT2D eigenvalue weighted by atomic mass is 9.98. The summed E-state index contributed by atoms with van der Waals surface area (Å²) >= 11 is 0. The summed E-state index contributed by atoms with van der Waals surface area (Å²) < 4.78 is 5.35. The summed E-state index contributed by atoms with van der Waals surface area (Å²) in [4.78, 5) is 60.5. The summed E-state index contributed by atoms with van der Waals surface area (Å²) in [6, 6.07) is 22.8. The second-order valence-electron chi connectivity index (χ2n) is 12.5. The van der Waals surface area contributed by atoms with Gasteiger partial charge >= 0.3 is 6.09 Å². The van der Waals surface area contributed by atoms with Crippen LogP contribution < -0.4 is 20.8 Å². The fourth-order valence-electron chi connectivity index (χ4n) is 5.12. The molecule has 0 spiro atoms. The minimum Gasteiger partial charge on any atom is -0.445 e. The second-order valence-corrected chi connectivity index (χ2v) is 12.5. The quantitative estimate of drug-likeness (QED) is 0.154. The lowest BCUT2D eigenvalue weighted by Gasteiger charge is -2.26. The average molecular weight is 657 g/mol. The Morgan fingerprint density at radius 3 is 1.85 bits per heavy atom. The average Bonchev–Trinajstić information content (AvgIpc) is 3.49. The number of benzene rings is 3. The third-order valence-corrected chi connectivity index (χ3v) is 7.51. The normalized spacial score (nSPS) is 13.0. The van der Waals surface area contributed by atoms with Crippen LogP contribution in [-0.2, 0) is 32.1 Å². The Hall–Kier alpha value is -5.26. The fraction of sp³-hybridized carbons (Fsp3) is 0.389. The van der Waals surface area contributed by atoms with E-state index in [1.807, 2.05) is 100 Å². The minimum atomic E-state index is -0.972. The van der Waals surface area contributed by atoms with Gasteiger partial charge in [-0.15, -0.1) is 5.10 Å². The van der Waals surface area contributed by atoms with Gasteiger partial charge in [-0.1, -0.05) is 105 Å². The minimum absolute atomic E-state index is 0.0283. The van der Waals surface area contributed by atoms with Crippen molar-refractivity contribution in [1.29, 1.82) is 0 Å². The lowest BCUT2D eigenvalue weighted by molar-refractivity contribution is -0.133. The molecule has 3 aromatic carbocycles. The van der Waals surface area contributed by atoms with E-state index in [0.717, 1.165) is 11.1 Å². The zero-order chi connectivity index (χ0) is 34.5. The van der Waals surface area contributed by atoms with E-state index in [1.165, 1.54) is 4.85 Å². The fourth-order valence-corrected chi connectivity index (χ4v) is 5.12. The molecule has 3 atom stereocenters. The van der Waals surface area contributed by atoms with Crippen LogP contribution in [0.3, 0.4) is 0 Å². The Morgan fingerprint density at radius 2 is 1.23 bits per heavy atom. The molecule has 0 saturated heterocycles. The molecule has 254 valence electrons. The Labute approximate surface area is 280 Å². The van der Waals surface area contributed by atoms with Crippen molar-refractivity contribution in [1.82, 2.24) is 31.1 Å². The number of ketones is 1. The van der Waals surface area contributed by atoms with Crippen molar-refractivity contribution < 1.29 is 28.8 Å². The monoisotopic (exact) mass is 656 g/mol. The second kappa shape index (κ2) is 17.6. The number of alkyl carbamates (subject to hydrolysis) is 1. The topological polar surface area (TPSA) is 154 Å². The highest BCUT2D eigenvalue weighted by Gasteiger charge is 2.31. The molecule has 4 aromatic rings. The maximum absolute atomic E-state index is 13.8. The Bertz CT molecular complexity index is 1640. The first-order valence-corrected chi connectivity index (χ1v) is 16.2. The van der Waals surface area contributed by atoms with Gasteiger partial charge in [-0.3, -0.25) is 14.4 Å². The smallest absolute Gasteiger partial charge is 0.408 e. The number of fused-ring (bicyclic) bond motifs is 1. The standard InChI is InChI=1S/C36H44N6O6/c1-24(2)19-30(38-35(45)31(20-25(3)4)39-36(46)47-22-27-15-9-6-10-16-27)34(44)37-29(21-26-13-7-5-8-14-26)33(43)23-48-42-32-18-12-11-17-28(32)40-41-42/h5-18,24-25,29-31H,19-23H2,1-4H3,(H,37,44)(H,38,45)(H,39,46)/t29-,30-,31-/m0/s1. The molecule has 0 saturated carbocycles. The van der Waals surface area contributed by atoms with Crippen LogP contribution in [0, 0.1) is 11.8 Å². The van der Waals surface area contributed by atoms with E-state index in [9.17, 15) is 19.2 Å². The molecule has 1 heterocycles. The number of carbonyl (C=O) groups excluding carboxylic acids is 4. The molecule has 4 rings (SSSR count). The largest absolute Gasteiger partial charge is 0.445 e. The SMILES string of the molecule is CC(C)C[C@H](NC(=O)OCc1ccccc1)C(=O)N[C@@H](CC(C)C)C(=O)N[C@@H](Cc1ccccc1)C(=O)COn1nnc2ccccc21. The van der Waals surface area contributed by atoms with Crippen molar-refractivity contribution in [3.05, 3.63) is 96.1 Å². The molecular formula is C36H44N6O6. The van der Waals surface area contributed by atoms with E-state index < -0.39 is 36.0 Å². The Morgan fingerprint density at radius 1 is 0.688 bits per heavy atom. The maximum atomic E-state index is 13.8. The molecule has 12 nitrogen and oxygen atoms in total. The summed E-state index contributed by atoms with van der Waals surface area (Å²) in [6.45, 7) is 7.39. The van der Waals surface area contributed by atoms with Crippen LogP contribution >= 0.6 is 0 Å². The van der Waals surface area contributed by atoms with Gasteiger partial charge in [-0.25, -0.2) is 4.79 Å². The first-order valence-electron chi connectivity index (χ1n) is 16.2. The zero-order valence-electron chi connectivity index (χ0n) is 27.8. The molecule has 0 aliphatic carbocycles. The third kappa shape index (κ3) is 10.9. The molecule has 48 heavy (non-hydrogen) atoms. The maximum Gasteiger partial charge on any atom is 0.408 e. The number of para-hydroxylation sites is 1. The number of rotatable bonds is 17. The molecular weight excluding hydrogens is 612 g/mol. The van der Waals surface area contributed by atoms with Crippen molar-refractivity contribution in [2.75, 3.05) is 6.61 Å². The van der Waals surface area contributed by atoms with E-state index in [-0.39, 0.29) is 37.3 Å². The molecule has 0 aliphatic rings. The van der Waals surface area contributed by atoms with E-state index in [0.29, 0.717) is 23.9 Å². The van der Waals surface area contributed by atoms with Gasteiger partial charge in [0.15, 0.2) is 12.4 Å². The van der Waals surface area contributed by atoms with Crippen LogP contribution in [0.15, 0.2) is 84.9 Å². The molecule has 0 bridgehead atoms. The predicted octanol–water partition coefficient (Wildman–Crippen LogP) is 4.03. The third-order valence-electron chi connectivity index (χ3n) is 7.51. The van der Waals surface area contributed by atoms with Gasteiger partial charge in [0.05, 0.1) is 6.04 Å². The van der Waals surface area contributed by atoms with Gasteiger partial charge < -0.3 is 25.5 Å². The number of nitrogens with zero attached hydrogens (tertiary/aromatic N) is 3. The summed E-state index contributed by atoms with van der Waals surface area (Å²) in [6.07, 6.45) is 0.0994. The van der Waals surface area contributed by atoms with Gasteiger partial charge in [0.2, 0.25) is 11.8 Å². The number of aromatic nitrogens is 3. The van der Waals surface area contributed by atoms with Crippen molar-refractivity contribution in [2.24, 2.45) is 11.8 Å². The number of Topliss-reactive ketones (excluding diaryl/α,β-unsaturated/α-hetero) is 1. The number of amides is 3. The zero-order valence-corrected chi connectivity index (χ0v) is 27.8. The van der Waals surface area contributed by atoms with Crippen molar-refractivity contribution in [3.8, 4) is 0 Å². The summed E-state index contributed by atoms with van der Waals surface area (Å²) in [5, 5.41) is 16.4. The van der Waals surface area contributed by atoms with Crippen LogP contribution in [0.25, 0.3) is 11.0 Å². The van der Waals surface area contributed by atoms with Gasteiger partial charge in [0.1, 0.15) is 29.7 Å². The summed E-state index contributed by atoms with van der Waals surface area (Å²) in [7, 11) is 0. The van der Waals surface area contributed by atoms with Crippen LogP contribution in [0.2, 0.25) is 0 Å². The van der Waals surface area contributed by atoms with Crippen LogP contribution in [0.1, 0.15) is 51.7 Å². The number of carbonyl (C=O) groups is 4. The molecule has 0 aliphatic heterocycles. The van der Waals surface area contributed by atoms with Crippen LogP contribution in [0.5, 0.6) is 0 Å². The molecule has 1 aromatic heterocycles. The van der Waals surface area contributed by atoms with Gasteiger partial charge in [0, 0.05) is 0 Å². The first-order chi connectivity index (χ1) is 23.1. The van der Waals surface area contributed by atoms with Gasteiger partial charge in [0.25, 0.3) is 0 Å². The first kappa shape index (κ1) is 35.6. The van der Waals surface area contributed by atoms with Gasteiger partial charge in [-0.2, -0.15) is 0 Å². The van der Waals surface area contributed by atoms with Crippen LogP contribution in [0.4, 0.5) is 4.79 Å². The highest BCUT2D eigenvalue weighted by molar-refractivity contribution is 5.94. The Balaban J connectivity index is 1.45. The van der Waals surface area contributed by atoms with Gasteiger partial charge in [-0.05, 0) is 59.6 Å². The highest BCUT2D eigenvalue weighted by atomic mass is 16.7. The van der Waals surface area contributed by atoms with Crippen molar-refractivity contribution in [2.45, 2.75) is 71.7 Å². The number of nitrogens with one attached hydrogen (secondary N) is 3. The van der Waals surface area contributed by atoms with Crippen molar-refractivity contribution in [3.63, 3.8) is 0 Å². The van der Waals surface area contributed by atoms with E-state index >= 15 is 0 Å². The molecule has 3 N–H and O–H groups in total. The number of hydrogen-bond acceptors (Lipinski definition) is 8. The molecule has 0 radical (unpaired) electrons. The van der Waals surface area contributed by atoms with Crippen molar-refractivity contribution >= 4 is 34.7 Å². The molecule has 12 heteroatoms. The molecule has 0 fully saturated rings. The van der Waals surface area contributed by atoms with E-state index in [2.05, 4.69) is 26.3 Å².